The highest BCUT2D eigenvalue weighted by Crippen LogP contribution is 2.25. The monoisotopic (exact) mass is 290 g/mol. The first-order chi connectivity index (χ1) is 8.01. The largest absolute Gasteiger partial charge is 0.391 e. The predicted molar refractivity (Wildman–Crippen MR) is 67.9 cm³/mol. The van der Waals surface area contributed by atoms with Gasteiger partial charge in [0.2, 0.25) is 0 Å². The van der Waals surface area contributed by atoms with Gasteiger partial charge in [0.25, 0.3) is 10.0 Å². The molecule has 0 bridgehead atoms. The van der Waals surface area contributed by atoms with E-state index >= 15 is 0 Å². The number of sulfonamides is 1. The molecular formula is C9H10N2O3S3. The first-order valence-corrected chi connectivity index (χ1v) is 7.84. The summed E-state index contributed by atoms with van der Waals surface area (Å²) in [4.78, 5) is 4.64. The highest BCUT2D eigenvalue weighted by molar-refractivity contribution is 7.94. The van der Waals surface area contributed by atoms with Gasteiger partial charge in [-0.3, -0.25) is 4.72 Å². The second kappa shape index (κ2) is 4.73. The molecule has 2 aromatic heterocycles. The molecule has 0 fully saturated rings. The minimum Gasteiger partial charge on any atom is -0.391 e. The minimum atomic E-state index is -3.58. The van der Waals surface area contributed by atoms with Gasteiger partial charge >= 0.3 is 0 Å². The van der Waals surface area contributed by atoms with Crippen LogP contribution in [-0.2, 0) is 16.6 Å². The Bertz CT molecular complexity index is 615. The van der Waals surface area contributed by atoms with E-state index in [4.69, 9.17) is 5.11 Å². The molecule has 2 heterocycles. The van der Waals surface area contributed by atoms with E-state index < -0.39 is 10.0 Å². The molecule has 0 radical (unpaired) electrons. The number of thiophene rings is 1. The molecule has 2 rings (SSSR count). The SMILES string of the molecule is Cc1csc(NS(=O)(=O)c2ccc(CO)s2)n1. The maximum atomic E-state index is 11.9. The first kappa shape index (κ1) is 12.5. The third-order valence-corrected chi connectivity index (χ3v) is 5.80. The highest BCUT2D eigenvalue weighted by atomic mass is 32.2. The second-order valence-corrected chi connectivity index (χ2v) is 7.21. The Morgan fingerprint density at radius 1 is 1.47 bits per heavy atom. The van der Waals surface area contributed by atoms with Gasteiger partial charge in [-0.2, -0.15) is 0 Å². The molecular weight excluding hydrogens is 280 g/mol. The van der Waals surface area contributed by atoms with Crippen LogP contribution in [0.4, 0.5) is 5.13 Å². The van der Waals surface area contributed by atoms with Crippen molar-refractivity contribution < 1.29 is 13.5 Å². The molecule has 0 aliphatic rings. The van der Waals surface area contributed by atoms with Crippen LogP contribution in [0, 0.1) is 6.92 Å². The van der Waals surface area contributed by atoms with Crippen molar-refractivity contribution in [3.05, 3.63) is 28.1 Å². The fourth-order valence-corrected chi connectivity index (χ4v) is 4.31. The fourth-order valence-electron chi connectivity index (χ4n) is 1.15. The molecule has 17 heavy (non-hydrogen) atoms. The Morgan fingerprint density at radius 3 is 2.76 bits per heavy atom. The Morgan fingerprint density at radius 2 is 2.24 bits per heavy atom. The molecule has 0 atom stereocenters. The average Bonchev–Trinajstić information content (AvgIpc) is 2.86. The molecule has 0 saturated carbocycles. The molecule has 0 aliphatic heterocycles. The van der Waals surface area contributed by atoms with E-state index in [1.165, 1.54) is 17.4 Å². The number of aliphatic hydroxyl groups excluding tert-OH is 1. The number of thiazole rings is 1. The van der Waals surface area contributed by atoms with Crippen molar-refractivity contribution in [2.45, 2.75) is 17.7 Å². The quantitative estimate of drug-likeness (QED) is 0.900. The zero-order valence-corrected chi connectivity index (χ0v) is 11.3. The lowest BCUT2D eigenvalue weighted by atomic mass is 10.5. The normalized spacial score (nSPS) is 11.6. The van der Waals surface area contributed by atoms with Gasteiger partial charge in [0, 0.05) is 10.3 Å². The molecule has 92 valence electrons. The van der Waals surface area contributed by atoms with Gasteiger partial charge in [-0.25, -0.2) is 13.4 Å². The summed E-state index contributed by atoms with van der Waals surface area (Å²) in [6, 6.07) is 3.06. The van der Waals surface area contributed by atoms with E-state index in [0.29, 0.717) is 10.0 Å². The Kier molecular flexibility index (Phi) is 3.48. The maximum absolute atomic E-state index is 11.9. The summed E-state index contributed by atoms with van der Waals surface area (Å²) in [6.07, 6.45) is 0. The van der Waals surface area contributed by atoms with Crippen LogP contribution in [0.15, 0.2) is 21.7 Å². The summed E-state index contributed by atoms with van der Waals surface area (Å²) in [5.74, 6) is 0. The van der Waals surface area contributed by atoms with E-state index in [1.54, 1.807) is 18.4 Å². The standard InChI is InChI=1S/C9H10N2O3S3/c1-6-5-15-9(10-6)11-17(13,14)8-3-2-7(4-12)16-8/h2-3,5,12H,4H2,1H3,(H,10,11). The molecule has 0 unspecified atom stereocenters. The molecule has 8 heteroatoms. The molecule has 2 aromatic rings. The van der Waals surface area contributed by atoms with Gasteiger partial charge < -0.3 is 5.11 Å². The lowest BCUT2D eigenvalue weighted by molar-refractivity contribution is 0.285. The third-order valence-electron chi connectivity index (χ3n) is 1.90. The molecule has 5 nitrogen and oxygen atoms in total. The predicted octanol–water partition coefficient (Wildman–Crippen LogP) is 1.81. The molecule has 0 spiro atoms. The Hall–Kier alpha value is -0.960. The number of anilines is 1. The van der Waals surface area contributed by atoms with E-state index in [0.717, 1.165) is 17.0 Å². The van der Waals surface area contributed by atoms with Crippen LogP contribution in [0.2, 0.25) is 0 Å². The number of hydrogen-bond donors (Lipinski definition) is 2. The van der Waals surface area contributed by atoms with E-state index in [1.807, 2.05) is 0 Å². The summed E-state index contributed by atoms with van der Waals surface area (Å²) >= 11 is 2.28. The zero-order chi connectivity index (χ0) is 12.5. The van der Waals surface area contributed by atoms with Crippen LogP contribution in [-0.4, -0.2) is 18.5 Å². The summed E-state index contributed by atoms with van der Waals surface area (Å²) in [7, 11) is -3.58. The van der Waals surface area contributed by atoms with Gasteiger partial charge in [-0.05, 0) is 19.1 Å². The molecule has 0 aromatic carbocycles. The summed E-state index contributed by atoms with van der Waals surface area (Å²) in [5.41, 5.74) is 0.773. The Labute approximate surface area is 107 Å². The van der Waals surface area contributed by atoms with Crippen molar-refractivity contribution in [3.63, 3.8) is 0 Å². The van der Waals surface area contributed by atoms with Crippen LogP contribution < -0.4 is 4.72 Å². The maximum Gasteiger partial charge on any atom is 0.273 e. The van der Waals surface area contributed by atoms with Crippen molar-refractivity contribution in [2.75, 3.05) is 4.72 Å². The van der Waals surface area contributed by atoms with Gasteiger partial charge in [-0.1, -0.05) is 0 Å². The van der Waals surface area contributed by atoms with E-state index in [-0.39, 0.29) is 10.8 Å². The number of nitrogens with one attached hydrogen (secondary N) is 1. The lowest BCUT2D eigenvalue weighted by Crippen LogP contribution is -2.11. The number of aryl methyl sites for hydroxylation is 1. The minimum absolute atomic E-state index is 0.156. The topological polar surface area (TPSA) is 79.3 Å². The molecule has 0 saturated heterocycles. The Balaban J connectivity index is 2.24. The van der Waals surface area contributed by atoms with Crippen molar-refractivity contribution in [1.82, 2.24) is 4.98 Å². The van der Waals surface area contributed by atoms with Gasteiger partial charge in [0.1, 0.15) is 4.21 Å². The lowest BCUT2D eigenvalue weighted by Gasteiger charge is -2.01. The summed E-state index contributed by atoms with van der Waals surface area (Å²) in [5, 5.41) is 11.0. The van der Waals surface area contributed by atoms with Crippen molar-refractivity contribution in [3.8, 4) is 0 Å². The van der Waals surface area contributed by atoms with E-state index in [2.05, 4.69) is 9.71 Å². The average molecular weight is 290 g/mol. The summed E-state index contributed by atoms with van der Waals surface area (Å²) < 4.78 is 26.4. The number of aromatic nitrogens is 1. The summed E-state index contributed by atoms with van der Waals surface area (Å²) in [6.45, 7) is 1.64. The molecule has 2 N–H and O–H groups in total. The van der Waals surface area contributed by atoms with Crippen molar-refractivity contribution >= 4 is 37.8 Å². The number of aliphatic hydroxyl groups is 1. The van der Waals surface area contributed by atoms with Crippen LogP contribution in [0.5, 0.6) is 0 Å². The number of rotatable bonds is 4. The first-order valence-electron chi connectivity index (χ1n) is 4.66. The fraction of sp³-hybridized carbons (Fsp3) is 0.222. The smallest absolute Gasteiger partial charge is 0.273 e. The third kappa shape index (κ3) is 2.83. The molecule has 0 aliphatic carbocycles. The second-order valence-electron chi connectivity index (χ2n) is 3.28. The van der Waals surface area contributed by atoms with Crippen molar-refractivity contribution in [1.29, 1.82) is 0 Å². The van der Waals surface area contributed by atoms with Crippen LogP contribution in [0.25, 0.3) is 0 Å². The number of hydrogen-bond acceptors (Lipinski definition) is 6. The highest BCUT2D eigenvalue weighted by Gasteiger charge is 2.18. The van der Waals surface area contributed by atoms with Gasteiger partial charge in [-0.15, -0.1) is 22.7 Å². The van der Waals surface area contributed by atoms with Crippen LogP contribution in [0.3, 0.4) is 0 Å². The zero-order valence-electron chi connectivity index (χ0n) is 8.87. The van der Waals surface area contributed by atoms with E-state index in [9.17, 15) is 8.42 Å². The van der Waals surface area contributed by atoms with Crippen LogP contribution in [0.1, 0.15) is 10.6 Å². The number of nitrogens with zero attached hydrogens (tertiary/aromatic N) is 1. The van der Waals surface area contributed by atoms with Gasteiger partial charge in [0.05, 0.1) is 12.3 Å². The molecule has 0 amide bonds. The van der Waals surface area contributed by atoms with Crippen LogP contribution >= 0.6 is 22.7 Å². The van der Waals surface area contributed by atoms with Gasteiger partial charge in [0.15, 0.2) is 5.13 Å². The van der Waals surface area contributed by atoms with Crippen molar-refractivity contribution in [2.24, 2.45) is 0 Å².